The average Bonchev–Trinajstić information content (AvgIpc) is 3.75. The van der Waals surface area contributed by atoms with Crippen LogP contribution in [0.2, 0.25) is 0 Å². The molecular weight excluding hydrogens is 659 g/mol. The van der Waals surface area contributed by atoms with Gasteiger partial charge >= 0.3 is 6.87 Å². The zero-order chi connectivity index (χ0) is 34.0. The Labute approximate surface area is 291 Å². The molecule has 0 spiro atoms. The standard InChI is InChI=1S/C36H40ClN8O3P/c1-42(2)49(37,46)47-24-30-22-44(36(27-14-7-4-8-15-27,28-16-9-5-10-17-28)29-18-11-6-12-19-29)23-32(48-30)45-26-40-33-34(38-25-39-35(33)45)41-31-20-13-21-43(31)3/h4-12,14-19,25-26,30,32H,13,20-24H2,1-3H3/b41-31+/t30-,32+,49-/m0/s1. The summed E-state index contributed by atoms with van der Waals surface area (Å²) < 4.78 is 29.2. The van der Waals surface area contributed by atoms with Crippen LogP contribution in [-0.4, -0.2) is 93.3 Å². The first-order chi connectivity index (χ1) is 23.8. The molecule has 0 saturated carbocycles. The van der Waals surface area contributed by atoms with E-state index >= 15 is 0 Å². The summed E-state index contributed by atoms with van der Waals surface area (Å²) >= 11 is 6.36. The summed E-state index contributed by atoms with van der Waals surface area (Å²) in [6, 6.07) is 31.5. The lowest BCUT2D eigenvalue weighted by atomic mass is 9.75. The van der Waals surface area contributed by atoms with Crippen molar-refractivity contribution in [1.82, 2.24) is 34.0 Å². The van der Waals surface area contributed by atoms with Gasteiger partial charge in [-0.15, -0.1) is 0 Å². The van der Waals surface area contributed by atoms with E-state index < -0.39 is 24.7 Å². The van der Waals surface area contributed by atoms with Crippen LogP contribution in [0.1, 0.15) is 35.8 Å². The normalized spacial score (nSPS) is 21.1. The molecule has 49 heavy (non-hydrogen) atoms. The maximum absolute atomic E-state index is 13.1. The molecule has 3 atom stereocenters. The van der Waals surface area contributed by atoms with Gasteiger partial charge < -0.3 is 14.2 Å². The lowest BCUT2D eigenvalue weighted by Crippen LogP contribution is -2.57. The molecule has 0 bridgehead atoms. The molecule has 2 fully saturated rings. The molecule has 0 unspecified atom stereocenters. The quantitative estimate of drug-likeness (QED) is 0.117. The number of imidazole rings is 1. The number of hydrogen-bond donors (Lipinski definition) is 0. The Hall–Kier alpha value is -3.96. The third kappa shape index (κ3) is 6.55. The van der Waals surface area contributed by atoms with Gasteiger partial charge in [-0.05, 0) is 48.4 Å². The van der Waals surface area contributed by atoms with Gasteiger partial charge in [0.25, 0.3) is 0 Å². The fourth-order valence-corrected chi connectivity index (χ4v) is 7.65. The molecule has 254 valence electrons. The van der Waals surface area contributed by atoms with Crippen molar-refractivity contribution in [1.29, 1.82) is 0 Å². The van der Waals surface area contributed by atoms with Crippen LogP contribution in [0.3, 0.4) is 0 Å². The number of aliphatic imine (C=N–C) groups is 1. The van der Waals surface area contributed by atoms with Crippen molar-refractivity contribution in [3.8, 4) is 0 Å². The summed E-state index contributed by atoms with van der Waals surface area (Å²) in [5.41, 5.74) is 3.78. The van der Waals surface area contributed by atoms with Gasteiger partial charge in [-0.3, -0.25) is 14.0 Å². The van der Waals surface area contributed by atoms with Crippen LogP contribution >= 0.6 is 18.1 Å². The zero-order valence-corrected chi connectivity index (χ0v) is 29.5. The van der Waals surface area contributed by atoms with Gasteiger partial charge in [0.15, 0.2) is 17.0 Å². The van der Waals surface area contributed by atoms with Gasteiger partial charge in [0, 0.05) is 33.1 Å². The lowest BCUT2D eigenvalue weighted by molar-refractivity contribution is -0.145. The van der Waals surface area contributed by atoms with Crippen molar-refractivity contribution in [2.75, 3.05) is 47.4 Å². The maximum atomic E-state index is 13.1. The molecule has 0 N–H and O–H groups in total. The molecule has 0 aliphatic carbocycles. The molecule has 7 rings (SSSR count). The second-order valence-corrected chi connectivity index (χ2v) is 15.8. The molecule has 2 saturated heterocycles. The Bertz CT molecular complexity index is 1860. The van der Waals surface area contributed by atoms with E-state index in [2.05, 4.69) is 92.6 Å². The van der Waals surface area contributed by atoms with Gasteiger partial charge in [-0.25, -0.2) is 24.6 Å². The van der Waals surface area contributed by atoms with E-state index in [0.29, 0.717) is 30.1 Å². The summed E-state index contributed by atoms with van der Waals surface area (Å²) in [6.07, 6.45) is 4.15. The molecule has 2 aliphatic rings. The number of ether oxygens (including phenoxy) is 1. The lowest BCUT2D eigenvalue weighted by Gasteiger charge is -2.50. The molecule has 0 amide bonds. The predicted molar refractivity (Wildman–Crippen MR) is 192 cm³/mol. The van der Waals surface area contributed by atoms with Crippen LogP contribution in [0.25, 0.3) is 11.2 Å². The number of fused-ring (bicyclic) bond motifs is 1. The second-order valence-electron chi connectivity index (χ2n) is 12.6. The number of benzene rings is 3. The second kappa shape index (κ2) is 14.1. The molecule has 4 heterocycles. The fraction of sp³-hybridized carbons (Fsp3) is 0.333. The topological polar surface area (TPSA) is 101 Å². The first-order valence-corrected chi connectivity index (χ1v) is 18.9. The van der Waals surface area contributed by atoms with Gasteiger partial charge in [0.05, 0.1) is 24.6 Å². The summed E-state index contributed by atoms with van der Waals surface area (Å²) in [7, 11) is 5.32. The number of aromatic nitrogens is 4. The number of morpholine rings is 1. The third-order valence-corrected chi connectivity index (χ3v) is 11.9. The van der Waals surface area contributed by atoms with Crippen LogP contribution in [0.4, 0.5) is 5.82 Å². The van der Waals surface area contributed by atoms with Crippen molar-refractivity contribution in [3.05, 3.63) is 120 Å². The SMILES string of the molecule is CN1CCC/C1=N\c1ncnc2c1ncn2[C@H]1CN(C(c2ccccc2)(c2ccccc2)c2ccccc2)C[C@@H](CO[P@@](=O)(Cl)N(C)C)O1. The minimum atomic E-state index is -3.56. The van der Waals surface area contributed by atoms with Gasteiger partial charge in [0.1, 0.15) is 18.4 Å². The number of amidine groups is 1. The van der Waals surface area contributed by atoms with Crippen molar-refractivity contribution >= 4 is 40.9 Å². The third-order valence-electron chi connectivity index (χ3n) is 9.32. The van der Waals surface area contributed by atoms with Crippen molar-refractivity contribution in [2.45, 2.75) is 30.7 Å². The van der Waals surface area contributed by atoms with Crippen molar-refractivity contribution in [2.24, 2.45) is 4.99 Å². The van der Waals surface area contributed by atoms with E-state index in [1.165, 1.54) is 11.0 Å². The average molecular weight is 699 g/mol. The first kappa shape index (κ1) is 33.5. The molecule has 13 heteroatoms. The smallest absolute Gasteiger partial charge is 0.362 e. The Morgan fingerprint density at radius 1 is 0.939 bits per heavy atom. The van der Waals surface area contributed by atoms with Gasteiger partial charge in [-0.1, -0.05) is 91.0 Å². The largest absolute Gasteiger partial charge is 0.363 e. The number of hydrogen-bond acceptors (Lipinski definition) is 8. The van der Waals surface area contributed by atoms with E-state index in [1.54, 1.807) is 20.4 Å². The van der Waals surface area contributed by atoms with Crippen LogP contribution in [0, 0.1) is 0 Å². The van der Waals surface area contributed by atoms with Crippen LogP contribution in [0.15, 0.2) is 109 Å². The maximum Gasteiger partial charge on any atom is 0.362 e. The highest BCUT2D eigenvalue weighted by Crippen LogP contribution is 2.54. The first-order valence-electron chi connectivity index (χ1n) is 16.4. The summed E-state index contributed by atoms with van der Waals surface area (Å²) in [4.78, 5) is 23.4. The highest BCUT2D eigenvalue weighted by Gasteiger charge is 2.47. The Morgan fingerprint density at radius 2 is 1.55 bits per heavy atom. The van der Waals surface area contributed by atoms with Crippen LogP contribution in [-0.2, 0) is 19.4 Å². The molecular formula is C36H40ClN8O3P. The predicted octanol–water partition coefficient (Wildman–Crippen LogP) is 6.70. The highest BCUT2D eigenvalue weighted by atomic mass is 35.7. The zero-order valence-electron chi connectivity index (χ0n) is 27.8. The number of nitrogens with zero attached hydrogens (tertiary/aromatic N) is 8. The molecule has 2 aliphatic heterocycles. The van der Waals surface area contributed by atoms with Crippen molar-refractivity contribution in [3.63, 3.8) is 0 Å². The molecule has 3 aromatic carbocycles. The Morgan fingerprint density at radius 3 is 2.10 bits per heavy atom. The fourth-order valence-electron chi connectivity index (χ4n) is 6.90. The van der Waals surface area contributed by atoms with Crippen LogP contribution in [0.5, 0.6) is 0 Å². The van der Waals surface area contributed by atoms with Crippen LogP contribution < -0.4 is 0 Å². The van der Waals surface area contributed by atoms with Gasteiger partial charge in [0.2, 0.25) is 0 Å². The monoisotopic (exact) mass is 698 g/mol. The summed E-state index contributed by atoms with van der Waals surface area (Å²) in [6.45, 7) is -1.68. The van der Waals surface area contributed by atoms with E-state index in [-0.39, 0.29) is 6.61 Å². The number of rotatable bonds is 10. The number of likely N-dealkylation sites (tertiary alicyclic amines) is 1. The minimum absolute atomic E-state index is 0.00720. The summed E-state index contributed by atoms with van der Waals surface area (Å²) in [5.74, 6) is 1.51. The van der Waals surface area contributed by atoms with E-state index in [0.717, 1.165) is 41.9 Å². The molecule has 2 aromatic heterocycles. The number of halogens is 1. The Balaban J connectivity index is 1.37. The van der Waals surface area contributed by atoms with E-state index in [4.69, 9.17) is 30.5 Å². The van der Waals surface area contributed by atoms with E-state index in [9.17, 15) is 4.57 Å². The Kier molecular flexibility index (Phi) is 9.66. The highest BCUT2D eigenvalue weighted by molar-refractivity contribution is 7.83. The molecule has 0 radical (unpaired) electrons. The van der Waals surface area contributed by atoms with Gasteiger partial charge in [-0.2, -0.15) is 0 Å². The van der Waals surface area contributed by atoms with Crippen molar-refractivity contribution < 1.29 is 13.8 Å². The minimum Gasteiger partial charge on any atom is -0.363 e. The summed E-state index contributed by atoms with van der Waals surface area (Å²) in [5, 5.41) is 0. The molecule has 11 nitrogen and oxygen atoms in total. The van der Waals surface area contributed by atoms with E-state index in [1.807, 2.05) is 29.8 Å². The molecule has 5 aromatic rings.